The van der Waals surface area contributed by atoms with E-state index in [-0.39, 0.29) is 18.4 Å². The summed E-state index contributed by atoms with van der Waals surface area (Å²) in [5.41, 5.74) is 6.10. The van der Waals surface area contributed by atoms with Crippen molar-refractivity contribution in [1.82, 2.24) is 24.9 Å². The molecule has 0 spiro atoms. The van der Waals surface area contributed by atoms with Crippen LogP contribution < -0.4 is 0 Å². The van der Waals surface area contributed by atoms with E-state index in [2.05, 4.69) is 46.3 Å². The van der Waals surface area contributed by atoms with Crippen molar-refractivity contribution in [2.24, 2.45) is 0 Å². The second kappa shape index (κ2) is 16.8. The Hall–Kier alpha value is -5.41. The maximum Gasteiger partial charge on any atom is 0.246 e. The summed E-state index contributed by atoms with van der Waals surface area (Å²) >= 11 is 1.63. The number of aromatic nitrogens is 3. The van der Waals surface area contributed by atoms with Gasteiger partial charge in [0.15, 0.2) is 0 Å². The highest BCUT2D eigenvalue weighted by Crippen LogP contribution is 2.30. The topological polar surface area (TPSA) is 92.4 Å². The zero-order valence-electron chi connectivity index (χ0n) is 28.5. The Kier molecular flexibility index (Phi) is 11.6. The number of nitrogens with zero attached hydrogens (tertiary/aromatic N) is 5. The molecule has 0 radical (unpaired) electrons. The quantitative estimate of drug-likeness (QED) is 0.108. The number of rotatable bonds is 15. The molecule has 50 heavy (non-hydrogen) atoms. The molecule has 2 heterocycles. The number of carbonyl (C=O) groups is 2. The first-order valence-electron chi connectivity index (χ1n) is 17.1. The fraction of sp³-hybridized carbons (Fsp3) is 0.244. The molecule has 6 rings (SSSR count). The van der Waals surface area contributed by atoms with Gasteiger partial charge >= 0.3 is 0 Å². The van der Waals surface area contributed by atoms with Crippen LogP contribution in [0.25, 0.3) is 33.0 Å². The van der Waals surface area contributed by atoms with E-state index in [1.807, 2.05) is 103 Å². The Morgan fingerprint density at radius 3 is 1.68 bits per heavy atom. The van der Waals surface area contributed by atoms with Gasteiger partial charge in [0.2, 0.25) is 23.5 Å². The monoisotopic (exact) mass is 683 g/mol. The van der Waals surface area contributed by atoms with Crippen LogP contribution in [0.15, 0.2) is 120 Å². The fourth-order valence-corrected chi connectivity index (χ4v) is 6.75. The lowest BCUT2D eigenvalue weighted by Gasteiger charge is -2.21. The molecular formula is C41H41N5O3S. The molecule has 2 aromatic heterocycles. The zero-order valence-corrected chi connectivity index (χ0v) is 29.3. The molecule has 0 fully saturated rings. The van der Waals surface area contributed by atoms with Crippen LogP contribution in [0.3, 0.4) is 0 Å². The van der Waals surface area contributed by atoms with Gasteiger partial charge in [0.05, 0.1) is 30.8 Å². The Morgan fingerprint density at radius 1 is 0.640 bits per heavy atom. The van der Waals surface area contributed by atoms with Crippen LogP contribution in [0.4, 0.5) is 0 Å². The van der Waals surface area contributed by atoms with Gasteiger partial charge in [-0.3, -0.25) is 9.59 Å². The fourth-order valence-electron chi connectivity index (χ4n) is 5.81. The Bertz CT molecular complexity index is 1830. The average molecular weight is 684 g/mol. The Balaban J connectivity index is 1.06. The predicted octanol–water partition coefficient (Wildman–Crippen LogP) is 8.49. The summed E-state index contributed by atoms with van der Waals surface area (Å²) in [6, 6.07) is 36.1. The van der Waals surface area contributed by atoms with E-state index in [4.69, 9.17) is 4.52 Å². The maximum atomic E-state index is 13.1. The summed E-state index contributed by atoms with van der Waals surface area (Å²) in [7, 11) is 0. The molecule has 0 aliphatic carbocycles. The van der Waals surface area contributed by atoms with Gasteiger partial charge in [0.25, 0.3) is 0 Å². The SMILES string of the molecule is CCCN(Cc1nc(-c2ccc(-c3ccc(-c4cnc(CN(CCC)C(=O)Cc5ccccc5)s4)cc3)cc2)no1)C(=O)Cc1ccccc1. The molecule has 254 valence electrons. The molecule has 0 bridgehead atoms. The van der Waals surface area contributed by atoms with Crippen LogP contribution in [-0.2, 0) is 35.5 Å². The summed E-state index contributed by atoms with van der Waals surface area (Å²) in [6.07, 6.45) is 4.37. The zero-order chi connectivity index (χ0) is 34.7. The van der Waals surface area contributed by atoms with E-state index in [9.17, 15) is 9.59 Å². The highest BCUT2D eigenvalue weighted by atomic mass is 32.1. The Morgan fingerprint density at radius 2 is 1.14 bits per heavy atom. The van der Waals surface area contributed by atoms with E-state index < -0.39 is 0 Å². The van der Waals surface area contributed by atoms with Crippen molar-refractivity contribution >= 4 is 23.2 Å². The average Bonchev–Trinajstić information content (AvgIpc) is 3.82. The largest absolute Gasteiger partial charge is 0.337 e. The lowest BCUT2D eigenvalue weighted by molar-refractivity contribution is -0.132. The van der Waals surface area contributed by atoms with Gasteiger partial charge in [0, 0.05) is 24.8 Å². The van der Waals surface area contributed by atoms with Crippen molar-refractivity contribution in [2.75, 3.05) is 13.1 Å². The van der Waals surface area contributed by atoms with Crippen molar-refractivity contribution in [3.8, 4) is 33.0 Å². The maximum absolute atomic E-state index is 13.1. The van der Waals surface area contributed by atoms with Gasteiger partial charge in [-0.1, -0.05) is 128 Å². The minimum Gasteiger partial charge on any atom is -0.337 e. The molecule has 0 aliphatic heterocycles. The second-order valence-electron chi connectivity index (χ2n) is 12.2. The van der Waals surface area contributed by atoms with Crippen molar-refractivity contribution in [3.63, 3.8) is 0 Å². The number of hydrogen-bond donors (Lipinski definition) is 0. The van der Waals surface area contributed by atoms with Gasteiger partial charge in [-0.15, -0.1) is 11.3 Å². The third-order valence-corrected chi connectivity index (χ3v) is 9.44. The summed E-state index contributed by atoms with van der Waals surface area (Å²) in [6.45, 7) is 6.26. The molecular weight excluding hydrogens is 643 g/mol. The van der Waals surface area contributed by atoms with Gasteiger partial charge in [0.1, 0.15) is 5.01 Å². The van der Waals surface area contributed by atoms with Crippen LogP contribution in [0, 0.1) is 0 Å². The van der Waals surface area contributed by atoms with Gasteiger partial charge in [-0.2, -0.15) is 4.98 Å². The minimum atomic E-state index is 0.0357. The summed E-state index contributed by atoms with van der Waals surface area (Å²) < 4.78 is 5.56. The molecule has 9 heteroatoms. The standard InChI is InChI=1S/C41H41N5O3S/c1-3-23-45(39(47)25-30-11-7-5-8-12-30)28-37-43-41(44-49-37)35-21-17-33(18-22-35)32-15-19-34(20-16-32)36-27-42-38(50-36)29-46(24-4-2)40(48)26-31-13-9-6-10-14-31/h5-22,27H,3-4,23-26,28-29H2,1-2H3. The normalized spacial score (nSPS) is 11.0. The van der Waals surface area contributed by atoms with Crippen molar-refractivity contribution < 1.29 is 14.1 Å². The third-order valence-electron chi connectivity index (χ3n) is 8.41. The van der Waals surface area contributed by atoms with E-state index in [1.54, 1.807) is 16.2 Å². The molecule has 0 atom stereocenters. The van der Waals surface area contributed by atoms with Gasteiger partial charge in [-0.05, 0) is 40.7 Å². The number of amides is 2. The first kappa shape index (κ1) is 34.5. The lowest BCUT2D eigenvalue weighted by Crippen LogP contribution is -2.32. The molecule has 6 aromatic rings. The van der Waals surface area contributed by atoms with Crippen LogP contribution in [0.1, 0.15) is 48.7 Å². The molecule has 0 unspecified atom stereocenters. The van der Waals surface area contributed by atoms with Crippen molar-refractivity contribution in [1.29, 1.82) is 0 Å². The molecule has 8 nitrogen and oxygen atoms in total. The van der Waals surface area contributed by atoms with Crippen LogP contribution in [-0.4, -0.2) is 49.8 Å². The number of carbonyl (C=O) groups excluding carboxylic acids is 2. The van der Waals surface area contributed by atoms with Gasteiger partial charge < -0.3 is 14.3 Å². The van der Waals surface area contributed by atoms with E-state index in [1.165, 1.54) is 0 Å². The highest BCUT2D eigenvalue weighted by Gasteiger charge is 2.19. The van der Waals surface area contributed by atoms with Gasteiger partial charge in [-0.25, -0.2) is 4.98 Å². The molecule has 4 aromatic carbocycles. The number of thiazole rings is 1. The first-order chi connectivity index (χ1) is 24.5. The lowest BCUT2D eigenvalue weighted by atomic mass is 10.0. The summed E-state index contributed by atoms with van der Waals surface area (Å²) in [5.74, 6) is 1.06. The van der Waals surface area contributed by atoms with E-state index >= 15 is 0 Å². The molecule has 0 saturated carbocycles. The number of hydrogen-bond acceptors (Lipinski definition) is 7. The van der Waals surface area contributed by atoms with E-state index in [0.29, 0.717) is 44.2 Å². The van der Waals surface area contributed by atoms with Crippen molar-refractivity contribution in [3.05, 3.63) is 137 Å². The second-order valence-corrected chi connectivity index (χ2v) is 13.4. The van der Waals surface area contributed by atoms with Crippen LogP contribution in [0.5, 0.6) is 0 Å². The molecule has 2 amide bonds. The molecule has 0 N–H and O–H groups in total. The summed E-state index contributed by atoms with van der Waals surface area (Å²) in [5, 5.41) is 5.13. The summed E-state index contributed by atoms with van der Waals surface area (Å²) in [4.78, 5) is 40.1. The van der Waals surface area contributed by atoms with Crippen LogP contribution in [0.2, 0.25) is 0 Å². The predicted molar refractivity (Wildman–Crippen MR) is 198 cm³/mol. The third kappa shape index (κ3) is 8.98. The Labute approximate surface area is 297 Å². The molecule has 0 aliphatic rings. The first-order valence-corrected chi connectivity index (χ1v) is 17.9. The van der Waals surface area contributed by atoms with Crippen molar-refractivity contribution in [2.45, 2.75) is 52.6 Å². The van der Waals surface area contributed by atoms with Crippen LogP contribution >= 0.6 is 11.3 Å². The molecule has 0 saturated heterocycles. The minimum absolute atomic E-state index is 0.0357. The smallest absolute Gasteiger partial charge is 0.246 e. The number of benzene rings is 4. The highest BCUT2D eigenvalue weighted by molar-refractivity contribution is 7.15. The van der Waals surface area contributed by atoms with E-state index in [0.717, 1.165) is 56.1 Å².